The number of thioether (sulfide) groups is 1. The maximum absolute atomic E-state index is 13.3. The third-order valence-corrected chi connectivity index (χ3v) is 6.13. The number of para-hydroxylation sites is 1. The van der Waals surface area contributed by atoms with Gasteiger partial charge in [0.2, 0.25) is 5.91 Å². The van der Waals surface area contributed by atoms with Crippen molar-refractivity contribution in [2.24, 2.45) is 0 Å². The molecule has 0 fully saturated rings. The number of amides is 1. The summed E-state index contributed by atoms with van der Waals surface area (Å²) in [5, 5.41) is 18.6. The van der Waals surface area contributed by atoms with Crippen molar-refractivity contribution in [2.75, 3.05) is 23.8 Å². The normalized spacial score (nSPS) is 10.5. The number of hydrogen-bond donors (Lipinski definition) is 0. The highest BCUT2D eigenvalue weighted by molar-refractivity contribution is 7.99. The van der Waals surface area contributed by atoms with E-state index in [0.29, 0.717) is 24.1 Å². The van der Waals surface area contributed by atoms with Gasteiger partial charge in [0.1, 0.15) is 5.75 Å². The standard InChI is InChI=1S/C27H25N5O2S/c1-2-34-24-16-14-22(15-17-24)31(19-9-18-28)25(33)20-35-27-30-29-26(21-10-5-3-6-11-21)32(27)23-12-7-4-8-13-23/h3-8,10-17H,2,9,19-20H2,1H3. The zero-order chi connectivity index (χ0) is 24.5. The molecule has 8 heteroatoms. The average molecular weight is 484 g/mol. The van der Waals surface area contributed by atoms with Crippen LogP contribution in [0, 0.1) is 11.3 Å². The van der Waals surface area contributed by atoms with Crippen molar-refractivity contribution in [1.29, 1.82) is 5.26 Å². The molecule has 0 aliphatic heterocycles. The van der Waals surface area contributed by atoms with Crippen molar-refractivity contribution in [3.63, 3.8) is 0 Å². The molecule has 0 saturated heterocycles. The summed E-state index contributed by atoms with van der Waals surface area (Å²) >= 11 is 1.32. The number of aromatic nitrogens is 3. The van der Waals surface area contributed by atoms with E-state index in [0.717, 1.165) is 22.7 Å². The van der Waals surface area contributed by atoms with E-state index < -0.39 is 0 Å². The Morgan fingerprint density at radius 1 is 1.00 bits per heavy atom. The van der Waals surface area contributed by atoms with E-state index in [1.165, 1.54) is 11.8 Å². The third-order valence-electron chi connectivity index (χ3n) is 5.21. The Morgan fingerprint density at radius 2 is 1.69 bits per heavy atom. The number of ether oxygens (including phenoxy) is 1. The molecule has 0 spiro atoms. The van der Waals surface area contributed by atoms with Crippen LogP contribution in [0.3, 0.4) is 0 Å². The van der Waals surface area contributed by atoms with Crippen LogP contribution in [-0.4, -0.2) is 39.6 Å². The maximum atomic E-state index is 13.3. The number of carbonyl (C=O) groups is 1. The average Bonchev–Trinajstić information content (AvgIpc) is 3.34. The number of nitrogens with zero attached hydrogens (tertiary/aromatic N) is 5. The van der Waals surface area contributed by atoms with E-state index in [4.69, 9.17) is 10.00 Å². The fourth-order valence-corrected chi connectivity index (χ4v) is 4.43. The molecule has 0 saturated carbocycles. The number of rotatable bonds is 10. The molecule has 0 aliphatic rings. The first-order valence-electron chi connectivity index (χ1n) is 11.3. The van der Waals surface area contributed by atoms with Gasteiger partial charge in [0.05, 0.1) is 24.8 Å². The molecule has 176 valence electrons. The molecule has 0 N–H and O–H groups in total. The Labute approximate surface area is 209 Å². The van der Waals surface area contributed by atoms with Gasteiger partial charge in [-0.25, -0.2) is 0 Å². The molecular weight excluding hydrogens is 458 g/mol. The van der Waals surface area contributed by atoms with E-state index >= 15 is 0 Å². The second kappa shape index (κ2) is 11.9. The predicted molar refractivity (Wildman–Crippen MR) is 138 cm³/mol. The lowest BCUT2D eigenvalue weighted by atomic mass is 10.2. The molecule has 0 unspecified atom stereocenters. The Bertz CT molecular complexity index is 1280. The van der Waals surface area contributed by atoms with E-state index in [-0.39, 0.29) is 18.1 Å². The van der Waals surface area contributed by atoms with E-state index in [2.05, 4.69) is 16.3 Å². The van der Waals surface area contributed by atoms with Crippen LogP contribution in [0.15, 0.2) is 90.1 Å². The quantitative estimate of drug-likeness (QED) is 0.282. The summed E-state index contributed by atoms with van der Waals surface area (Å²) in [6.07, 6.45) is 0.238. The summed E-state index contributed by atoms with van der Waals surface area (Å²) < 4.78 is 7.47. The van der Waals surface area contributed by atoms with Crippen LogP contribution in [0.25, 0.3) is 17.1 Å². The molecule has 4 aromatic rings. The van der Waals surface area contributed by atoms with Crippen LogP contribution in [0.4, 0.5) is 5.69 Å². The highest BCUT2D eigenvalue weighted by atomic mass is 32.2. The van der Waals surface area contributed by atoms with Crippen molar-refractivity contribution < 1.29 is 9.53 Å². The number of hydrogen-bond acceptors (Lipinski definition) is 6. The van der Waals surface area contributed by atoms with Gasteiger partial charge in [0.25, 0.3) is 0 Å². The molecule has 7 nitrogen and oxygen atoms in total. The highest BCUT2D eigenvalue weighted by Crippen LogP contribution is 2.29. The van der Waals surface area contributed by atoms with Crippen molar-refractivity contribution in [3.8, 4) is 28.9 Å². The van der Waals surface area contributed by atoms with Crippen molar-refractivity contribution in [1.82, 2.24) is 14.8 Å². The summed E-state index contributed by atoms with van der Waals surface area (Å²) in [5.41, 5.74) is 2.58. The molecule has 0 aliphatic carbocycles. The van der Waals surface area contributed by atoms with Crippen LogP contribution in [0.5, 0.6) is 5.75 Å². The van der Waals surface area contributed by atoms with Gasteiger partial charge < -0.3 is 9.64 Å². The van der Waals surface area contributed by atoms with Gasteiger partial charge >= 0.3 is 0 Å². The molecule has 1 heterocycles. The molecule has 4 rings (SSSR count). The summed E-state index contributed by atoms with van der Waals surface area (Å²) in [5.74, 6) is 1.49. The maximum Gasteiger partial charge on any atom is 0.237 e. The lowest BCUT2D eigenvalue weighted by molar-refractivity contribution is -0.116. The van der Waals surface area contributed by atoms with E-state index in [9.17, 15) is 4.79 Å². The minimum atomic E-state index is -0.113. The number of carbonyl (C=O) groups excluding carboxylic acids is 1. The molecule has 0 bridgehead atoms. The Hall–Kier alpha value is -4.09. The zero-order valence-electron chi connectivity index (χ0n) is 19.4. The summed E-state index contributed by atoms with van der Waals surface area (Å²) in [4.78, 5) is 14.9. The van der Waals surface area contributed by atoms with Crippen LogP contribution in [0.2, 0.25) is 0 Å². The summed E-state index contributed by atoms with van der Waals surface area (Å²) in [6, 6.07) is 29.2. The fraction of sp³-hybridized carbons (Fsp3) is 0.185. The van der Waals surface area contributed by atoms with Crippen molar-refractivity contribution >= 4 is 23.4 Å². The first-order chi connectivity index (χ1) is 17.2. The van der Waals surface area contributed by atoms with Gasteiger partial charge in [-0.15, -0.1) is 10.2 Å². The van der Waals surface area contributed by atoms with Gasteiger partial charge in [-0.2, -0.15) is 5.26 Å². The minimum absolute atomic E-state index is 0.113. The van der Waals surface area contributed by atoms with Crippen LogP contribution in [0.1, 0.15) is 13.3 Å². The zero-order valence-corrected chi connectivity index (χ0v) is 20.2. The van der Waals surface area contributed by atoms with Crippen molar-refractivity contribution in [3.05, 3.63) is 84.9 Å². The monoisotopic (exact) mass is 483 g/mol. The molecule has 1 aromatic heterocycles. The largest absolute Gasteiger partial charge is 0.494 e. The highest BCUT2D eigenvalue weighted by Gasteiger charge is 2.20. The first kappa shape index (κ1) is 24.0. The van der Waals surface area contributed by atoms with Gasteiger partial charge in [0.15, 0.2) is 11.0 Å². The molecule has 0 radical (unpaired) electrons. The second-order valence-electron chi connectivity index (χ2n) is 7.51. The number of benzene rings is 3. The lowest BCUT2D eigenvalue weighted by Gasteiger charge is -2.22. The summed E-state index contributed by atoms with van der Waals surface area (Å²) in [6.45, 7) is 2.80. The molecular formula is C27H25N5O2S. The van der Waals surface area contributed by atoms with Gasteiger partial charge in [0, 0.05) is 23.5 Å². The van der Waals surface area contributed by atoms with Gasteiger partial charge in [-0.1, -0.05) is 60.3 Å². The Balaban J connectivity index is 1.58. The van der Waals surface area contributed by atoms with Crippen LogP contribution in [-0.2, 0) is 4.79 Å². The lowest BCUT2D eigenvalue weighted by Crippen LogP contribution is -2.33. The number of anilines is 1. The van der Waals surface area contributed by atoms with Crippen LogP contribution < -0.4 is 9.64 Å². The molecule has 0 atom stereocenters. The molecule has 35 heavy (non-hydrogen) atoms. The molecule has 1 amide bonds. The van der Waals surface area contributed by atoms with Crippen LogP contribution >= 0.6 is 11.8 Å². The minimum Gasteiger partial charge on any atom is -0.494 e. The predicted octanol–water partition coefficient (Wildman–Crippen LogP) is 5.37. The van der Waals surface area contributed by atoms with Gasteiger partial charge in [-0.05, 0) is 43.3 Å². The Morgan fingerprint density at radius 3 is 2.34 bits per heavy atom. The molecule has 3 aromatic carbocycles. The number of nitriles is 1. The topological polar surface area (TPSA) is 84.0 Å². The fourth-order valence-electron chi connectivity index (χ4n) is 3.60. The van der Waals surface area contributed by atoms with Crippen molar-refractivity contribution in [2.45, 2.75) is 18.5 Å². The van der Waals surface area contributed by atoms with E-state index in [1.54, 1.807) is 4.90 Å². The SMILES string of the molecule is CCOc1ccc(N(CCC#N)C(=O)CSc2nnc(-c3ccccc3)n2-c2ccccc2)cc1. The second-order valence-corrected chi connectivity index (χ2v) is 8.45. The van der Waals surface area contributed by atoms with E-state index in [1.807, 2.05) is 96.4 Å². The first-order valence-corrected chi connectivity index (χ1v) is 12.3. The third kappa shape index (κ3) is 5.89. The summed E-state index contributed by atoms with van der Waals surface area (Å²) in [7, 11) is 0. The smallest absolute Gasteiger partial charge is 0.237 e. The Kier molecular flexibility index (Phi) is 8.15. The van der Waals surface area contributed by atoms with Gasteiger partial charge in [-0.3, -0.25) is 9.36 Å².